The maximum absolute atomic E-state index is 12.7. The molecule has 27 heavy (non-hydrogen) atoms. The van der Waals surface area contributed by atoms with Gasteiger partial charge >= 0.3 is 0 Å². The van der Waals surface area contributed by atoms with Gasteiger partial charge in [-0.25, -0.2) is 8.42 Å². The quantitative estimate of drug-likeness (QED) is 0.795. The van der Waals surface area contributed by atoms with Crippen molar-refractivity contribution >= 4 is 34.0 Å². The van der Waals surface area contributed by atoms with E-state index in [1.54, 1.807) is 42.3 Å². The highest BCUT2D eigenvalue weighted by Crippen LogP contribution is 2.19. The number of rotatable bonds is 5. The minimum Gasteiger partial charge on any atom is -0.337 e. The molecule has 0 radical (unpaired) electrons. The van der Waals surface area contributed by atoms with Crippen molar-refractivity contribution in [2.24, 2.45) is 0 Å². The summed E-state index contributed by atoms with van der Waals surface area (Å²) >= 11 is 0. The van der Waals surface area contributed by atoms with Gasteiger partial charge in [0.25, 0.3) is 15.9 Å². The summed E-state index contributed by atoms with van der Waals surface area (Å²) in [5.41, 5.74) is 1.82. The van der Waals surface area contributed by atoms with Crippen molar-refractivity contribution < 1.29 is 13.2 Å². The molecule has 0 aromatic heterocycles. The van der Waals surface area contributed by atoms with Crippen molar-refractivity contribution in [3.8, 4) is 0 Å². The fraction of sp³-hybridized carbons (Fsp3) is 0.316. The van der Waals surface area contributed by atoms with Crippen LogP contribution in [0.2, 0.25) is 0 Å². The standard InChI is InChI=1S/C19H23N3O3S.ClH/c1-14-5-3-7-16(11-14)21-26(24,25)18-8-4-6-15(12-18)19(23)22(2)17-9-10-20-13-17;/h3-8,11-12,17,20-21H,9-10,13H2,1-2H3;1H. The van der Waals surface area contributed by atoms with E-state index < -0.39 is 10.0 Å². The number of carbonyl (C=O) groups excluding carboxylic acids is 1. The Kier molecular flexibility index (Phi) is 6.86. The average Bonchev–Trinajstić information content (AvgIpc) is 3.15. The number of carbonyl (C=O) groups is 1. The van der Waals surface area contributed by atoms with Gasteiger partial charge in [0.05, 0.1) is 4.90 Å². The number of nitrogens with one attached hydrogen (secondary N) is 2. The van der Waals surface area contributed by atoms with Gasteiger partial charge in [-0.2, -0.15) is 0 Å². The Morgan fingerprint density at radius 3 is 2.59 bits per heavy atom. The number of likely N-dealkylation sites (N-methyl/N-ethyl adjacent to an activating group) is 1. The first-order valence-corrected chi connectivity index (χ1v) is 10.0. The Labute approximate surface area is 166 Å². The van der Waals surface area contributed by atoms with Gasteiger partial charge in [0.1, 0.15) is 0 Å². The van der Waals surface area contributed by atoms with Gasteiger partial charge in [-0.05, 0) is 55.8 Å². The van der Waals surface area contributed by atoms with Gasteiger partial charge in [-0.15, -0.1) is 12.4 Å². The van der Waals surface area contributed by atoms with Crippen LogP contribution >= 0.6 is 12.4 Å². The van der Waals surface area contributed by atoms with Gasteiger partial charge in [0, 0.05) is 30.9 Å². The van der Waals surface area contributed by atoms with Crippen LogP contribution in [0.15, 0.2) is 53.4 Å². The van der Waals surface area contributed by atoms with E-state index in [2.05, 4.69) is 10.0 Å². The van der Waals surface area contributed by atoms with Crippen molar-refractivity contribution in [3.63, 3.8) is 0 Å². The topological polar surface area (TPSA) is 78.5 Å². The Balaban J connectivity index is 0.00000261. The van der Waals surface area contributed by atoms with Crippen LogP contribution < -0.4 is 10.0 Å². The molecule has 1 aliphatic heterocycles. The van der Waals surface area contributed by atoms with Crippen molar-refractivity contribution in [3.05, 3.63) is 59.7 Å². The molecule has 1 aliphatic rings. The van der Waals surface area contributed by atoms with Crippen LogP contribution in [-0.4, -0.2) is 45.4 Å². The fourth-order valence-corrected chi connectivity index (χ4v) is 4.15. The number of halogens is 1. The molecule has 1 atom stereocenters. The number of hydrogen-bond donors (Lipinski definition) is 2. The van der Waals surface area contributed by atoms with Crippen molar-refractivity contribution in [2.45, 2.75) is 24.3 Å². The zero-order chi connectivity index (χ0) is 18.7. The normalized spacial score (nSPS) is 16.4. The summed E-state index contributed by atoms with van der Waals surface area (Å²) in [7, 11) is -2.01. The molecule has 2 N–H and O–H groups in total. The zero-order valence-electron chi connectivity index (χ0n) is 15.3. The smallest absolute Gasteiger partial charge is 0.261 e. The Hall–Kier alpha value is -2.09. The molecule has 1 saturated heterocycles. The largest absolute Gasteiger partial charge is 0.337 e. The third-order valence-electron chi connectivity index (χ3n) is 4.56. The maximum Gasteiger partial charge on any atom is 0.261 e. The first-order valence-electron chi connectivity index (χ1n) is 8.54. The molecule has 6 nitrogen and oxygen atoms in total. The van der Waals surface area contributed by atoms with Crippen LogP contribution in [0, 0.1) is 6.92 Å². The molecule has 0 saturated carbocycles. The highest BCUT2D eigenvalue weighted by molar-refractivity contribution is 7.92. The summed E-state index contributed by atoms with van der Waals surface area (Å²) in [6.07, 6.45) is 0.898. The van der Waals surface area contributed by atoms with E-state index in [4.69, 9.17) is 0 Å². The van der Waals surface area contributed by atoms with Gasteiger partial charge in [-0.3, -0.25) is 9.52 Å². The molecule has 2 aromatic carbocycles. The summed E-state index contributed by atoms with van der Waals surface area (Å²) < 4.78 is 27.9. The lowest BCUT2D eigenvalue weighted by Gasteiger charge is -2.24. The van der Waals surface area contributed by atoms with Crippen LogP contribution in [0.1, 0.15) is 22.3 Å². The van der Waals surface area contributed by atoms with Gasteiger partial charge < -0.3 is 10.2 Å². The number of nitrogens with zero attached hydrogens (tertiary/aromatic N) is 1. The predicted octanol–water partition coefficient (Wildman–Crippen LogP) is 2.65. The molecule has 8 heteroatoms. The molecule has 1 amide bonds. The number of aryl methyl sites for hydroxylation is 1. The Morgan fingerprint density at radius 1 is 1.19 bits per heavy atom. The van der Waals surface area contributed by atoms with Crippen molar-refractivity contribution in [1.29, 1.82) is 0 Å². The van der Waals surface area contributed by atoms with E-state index >= 15 is 0 Å². The number of sulfonamides is 1. The maximum atomic E-state index is 12.7. The van der Waals surface area contributed by atoms with Gasteiger partial charge in [-0.1, -0.05) is 18.2 Å². The number of benzene rings is 2. The first kappa shape index (κ1) is 21.2. The van der Waals surface area contributed by atoms with Crippen LogP contribution in [0.25, 0.3) is 0 Å². The number of anilines is 1. The van der Waals surface area contributed by atoms with E-state index in [1.165, 1.54) is 12.1 Å². The summed E-state index contributed by atoms with van der Waals surface area (Å²) in [5.74, 6) is -0.175. The zero-order valence-corrected chi connectivity index (χ0v) is 16.9. The van der Waals surface area contributed by atoms with Crippen molar-refractivity contribution in [1.82, 2.24) is 10.2 Å². The molecule has 1 fully saturated rings. The minimum atomic E-state index is -3.76. The summed E-state index contributed by atoms with van der Waals surface area (Å²) in [6, 6.07) is 13.4. The minimum absolute atomic E-state index is 0. The highest BCUT2D eigenvalue weighted by atomic mass is 35.5. The van der Waals surface area contributed by atoms with E-state index in [0.717, 1.165) is 25.1 Å². The second kappa shape index (κ2) is 8.73. The SMILES string of the molecule is Cc1cccc(NS(=O)(=O)c2cccc(C(=O)N(C)C3CCNC3)c2)c1.Cl. The summed E-state index contributed by atoms with van der Waals surface area (Å²) in [4.78, 5) is 14.4. The van der Waals surface area contributed by atoms with Crippen LogP contribution in [0.5, 0.6) is 0 Å². The lowest BCUT2D eigenvalue weighted by atomic mass is 10.1. The molecule has 0 spiro atoms. The fourth-order valence-electron chi connectivity index (χ4n) is 3.06. The Morgan fingerprint density at radius 2 is 1.93 bits per heavy atom. The second-order valence-corrected chi connectivity index (χ2v) is 8.25. The molecule has 1 unspecified atom stereocenters. The molecule has 146 valence electrons. The van der Waals surface area contributed by atoms with Gasteiger partial charge in [0.15, 0.2) is 0 Å². The first-order chi connectivity index (χ1) is 12.4. The molecule has 0 bridgehead atoms. The summed E-state index contributed by atoms with van der Waals surface area (Å²) in [5, 5.41) is 3.23. The monoisotopic (exact) mass is 409 g/mol. The predicted molar refractivity (Wildman–Crippen MR) is 109 cm³/mol. The number of amides is 1. The molecule has 2 aromatic rings. The van der Waals surface area contributed by atoms with Crippen LogP contribution in [0.4, 0.5) is 5.69 Å². The molecular formula is C19H24ClN3O3S. The molecule has 1 heterocycles. The van der Waals surface area contributed by atoms with E-state index in [1.807, 2.05) is 13.0 Å². The third-order valence-corrected chi connectivity index (χ3v) is 5.94. The van der Waals surface area contributed by atoms with Crippen LogP contribution in [-0.2, 0) is 10.0 Å². The lowest BCUT2D eigenvalue weighted by molar-refractivity contribution is 0.0743. The molecule has 0 aliphatic carbocycles. The van der Waals surface area contributed by atoms with E-state index in [9.17, 15) is 13.2 Å². The van der Waals surface area contributed by atoms with Crippen molar-refractivity contribution in [2.75, 3.05) is 24.9 Å². The van der Waals surface area contributed by atoms with Gasteiger partial charge in [0.2, 0.25) is 0 Å². The third kappa shape index (κ3) is 5.00. The second-order valence-electron chi connectivity index (χ2n) is 6.57. The molecular weight excluding hydrogens is 386 g/mol. The number of hydrogen-bond acceptors (Lipinski definition) is 4. The Bertz CT molecular complexity index is 912. The highest BCUT2D eigenvalue weighted by Gasteiger charge is 2.25. The van der Waals surface area contributed by atoms with Crippen LogP contribution in [0.3, 0.4) is 0 Å². The average molecular weight is 410 g/mol. The lowest BCUT2D eigenvalue weighted by Crippen LogP contribution is -2.38. The van der Waals surface area contributed by atoms with E-state index in [0.29, 0.717) is 11.3 Å². The molecule has 3 rings (SSSR count). The summed E-state index contributed by atoms with van der Waals surface area (Å²) in [6.45, 7) is 3.54. The van der Waals surface area contributed by atoms with E-state index in [-0.39, 0.29) is 29.3 Å².